The van der Waals surface area contributed by atoms with E-state index in [-0.39, 0.29) is 17.4 Å². The number of nitrogens with one attached hydrogen (secondary N) is 1. The third kappa shape index (κ3) is 5.50. The predicted molar refractivity (Wildman–Crippen MR) is 70.8 cm³/mol. The molecule has 17 heavy (non-hydrogen) atoms. The average Bonchev–Trinajstić information content (AvgIpc) is 2.38. The Hall–Kier alpha value is -0.610. The van der Waals surface area contributed by atoms with Crippen LogP contribution in [0.4, 0.5) is 0 Å². The van der Waals surface area contributed by atoms with Crippen LogP contribution in [0.2, 0.25) is 0 Å². The van der Waals surface area contributed by atoms with Crippen LogP contribution in [0.25, 0.3) is 0 Å². The molecule has 0 aliphatic rings. The lowest BCUT2D eigenvalue weighted by atomic mass is 9.80. The number of amides is 1. The number of nitrogens with two attached hydrogens (primary N) is 1. The highest BCUT2D eigenvalue weighted by atomic mass is 16.5. The van der Waals surface area contributed by atoms with Gasteiger partial charge in [-0.3, -0.25) is 4.79 Å². The van der Waals surface area contributed by atoms with Crippen LogP contribution in [0, 0.1) is 5.41 Å². The molecule has 1 unspecified atom stereocenters. The summed E-state index contributed by atoms with van der Waals surface area (Å²) >= 11 is 0. The van der Waals surface area contributed by atoms with E-state index < -0.39 is 0 Å². The summed E-state index contributed by atoms with van der Waals surface area (Å²) in [5.41, 5.74) is 5.72. The highest BCUT2D eigenvalue weighted by Crippen LogP contribution is 2.29. The van der Waals surface area contributed by atoms with Crippen LogP contribution in [-0.2, 0) is 9.53 Å². The molecule has 0 bridgehead atoms. The summed E-state index contributed by atoms with van der Waals surface area (Å²) in [5, 5.41) is 3.00. The Bertz CT molecular complexity index is 203. The fraction of sp³-hybridized carbons (Fsp3) is 0.923. The van der Waals surface area contributed by atoms with Crippen molar-refractivity contribution in [2.45, 2.75) is 52.6 Å². The summed E-state index contributed by atoms with van der Waals surface area (Å²) in [4.78, 5) is 11.7. The molecule has 0 aliphatic heterocycles. The van der Waals surface area contributed by atoms with Gasteiger partial charge in [-0.05, 0) is 24.7 Å². The van der Waals surface area contributed by atoms with Gasteiger partial charge in [0, 0.05) is 20.2 Å². The van der Waals surface area contributed by atoms with Crippen LogP contribution in [0.15, 0.2) is 0 Å². The highest BCUT2D eigenvalue weighted by molar-refractivity contribution is 5.76. The first-order valence-electron chi connectivity index (χ1n) is 6.57. The van der Waals surface area contributed by atoms with Gasteiger partial charge in [0.05, 0.1) is 12.5 Å². The number of carbonyl (C=O) groups is 1. The number of rotatable bonds is 9. The number of hydrogen-bond acceptors (Lipinski definition) is 3. The Morgan fingerprint density at radius 3 is 2.18 bits per heavy atom. The lowest BCUT2D eigenvalue weighted by molar-refractivity contribution is -0.123. The van der Waals surface area contributed by atoms with E-state index in [0.717, 1.165) is 25.8 Å². The molecule has 0 saturated carbocycles. The lowest BCUT2D eigenvalue weighted by Crippen LogP contribution is -2.39. The van der Waals surface area contributed by atoms with Gasteiger partial charge in [-0.1, -0.05) is 20.8 Å². The molecule has 0 radical (unpaired) electrons. The van der Waals surface area contributed by atoms with Gasteiger partial charge in [0.15, 0.2) is 0 Å². The minimum Gasteiger partial charge on any atom is -0.380 e. The Labute approximate surface area is 105 Å². The molecule has 3 N–H and O–H groups in total. The normalized spacial score (nSPS) is 13.5. The molecule has 4 heteroatoms. The first-order valence-corrected chi connectivity index (χ1v) is 6.57. The van der Waals surface area contributed by atoms with Gasteiger partial charge >= 0.3 is 0 Å². The molecule has 0 aromatic heterocycles. The van der Waals surface area contributed by atoms with Crippen molar-refractivity contribution in [3.8, 4) is 0 Å². The topological polar surface area (TPSA) is 64.4 Å². The zero-order chi connectivity index (χ0) is 13.3. The van der Waals surface area contributed by atoms with Gasteiger partial charge in [-0.25, -0.2) is 0 Å². The Morgan fingerprint density at radius 1 is 1.29 bits per heavy atom. The van der Waals surface area contributed by atoms with Crippen LogP contribution in [0.3, 0.4) is 0 Å². The smallest absolute Gasteiger partial charge is 0.222 e. The van der Waals surface area contributed by atoms with Crippen molar-refractivity contribution in [1.29, 1.82) is 0 Å². The largest absolute Gasteiger partial charge is 0.380 e. The first-order chi connectivity index (χ1) is 8.07. The molecule has 4 nitrogen and oxygen atoms in total. The zero-order valence-corrected chi connectivity index (χ0v) is 11.7. The van der Waals surface area contributed by atoms with E-state index in [4.69, 9.17) is 10.5 Å². The van der Waals surface area contributed by atoms with Crippen LogP contribution in [0.1, 0.15) is 46.5 Å². The minimum absolute atomic E-state index is 0.0297. The molecule has 1 amide bonds. The number of ether oxygens (including phenoxy) is 1. The van der Waals surface area contributed by atoms with Crippen LogP contribution in [0.5, 0.6) is 0 Å². The Morgan fingerprint density at radius 2 is 1.82 bits per heavy atom. The van der Waals surface area contributed by atoms with Crippen molar-refractivity contribution < 1.29 is 9.53 Å². The summed E-state index contributed by atoms with van der Waals surface area (Å²) in [6, 6.07) is 0. The summed E-state index contributed by atoms with van der Waals surface area (Å²) < 4.78 is 5.10. The highest BCUT2D eigenvalue weighted by Gasteiger charge is 2.24. The molecule has 0 saturated heterocycles. The van der Waals surface area contributed by atoms with Gasteiger partial charge in [0.25, 0.3) is 0 Å². The van der Waals surface area contributed by atoms with Crippen molar-refractivity contribution >= 4 is 5.91 Å². The summed E-state index contributed by atoms with van der Waals surface area (Å²) in [6.45, 7) is 7.66. The van der Waals surface area contributed by atoms with E-state index in [1.807, 2.05) is 0 Å². The fourth-order valence-corrected chi connectivity index (χ4v) is 1.95. The third-order valence-electron chi connectivity index (χ3n) is 3.92. The van der Waals surface area contributed by atoms with Crippen LogP contribution < -0.4 is 11.1 Å². The lowest BCUT2D eigenvalue weighted by Gasteiger charge is -2.30. The molecule has 0 rings (SSSR count). The van der Waals surface area contributed by atoms with E-state index in [1.165, 1.54) is 0 Å². The maximum Gasteiger partial charge on any atom is 0.222 e. The number of methoxy groups -OCH3 is 1. The standard InChI is InChI=1S/C13H28N2O2/c1-5-13(6-2,7-3)10-15-12(16)8-11(9-14)17-4/h11H,5-10,14H2,1-4H3,(H,15,16). The van der Waals surface area contributed by atoms with E-state index in [1.54, 1.807) is 7.11 Å². The molecular weight excluding hydrogens is 216 g/mol. The van der Waals surface area contributed by atoms with Gasteiger partial charge < -0.3 is 15.8 Å². The summed E-state index contributed by atoms with van der Waals surface area (Å²) in [7, 11) is 1.58. The number of carbonyl (C=O) groups excluding carboxylic acids is 1. The minimum atomic E-state index is -0.172. The molecule has 0 fully saturated rings. The quantitative estimate of drug-likeness (QED) is 0.648. The van der Waals surface area contributed by atoms with E-state index in [9.17, 15) is 4.79 Å². The molecule has 0 aromatic carbocycles. The van der Waals surface area contributed by atoms with Crippen molar-refractivity contribution in [2.24, 2.45) is 11.1 Å². The molecule has 102 valence electrons. The summed E-state index contributed by atoms with van der Waals surface area (Å²) in [5.74, 6) is 0.0297. The van der Waals surface area contributed by atoms with E-state index in [0.29, 0.717) is 13.0 Å². The SMILES string of the molecule is CCC(CC)(CC)CNC(=O)CC(CN)OC. The first kappa shape index (κ1) is 16.4. The zero-order valence-electron chi connectivity index (χ0n) is 11.7. The van der Waals surface area contributed by atoms with Crippen LogP contribution >= 0.6 is 0 Å². The molecule has 0 aromatic rings. The van der Waals surface area contributed by atoms with Gasteiger partial charge in [-0.2, -0.15) is 0 Å². The van der Waals surface area contributed by atoms with E-state index >= 15 is 0 Å². The Kier molecular flexibility index (Phi) is 8.17. The maximum atomic E-state index is 11.7. The Balaban J connectivity index is 4.13. The fourth-order valence-electron chi connectivity index (χ4n) is 1.95. The second kappa shape index (κ2) is 8.48. The average molecular weight is 244 g/mol. The predicted octanol–water partition coefficient (Wildman–Crippen LogP) is 1.68. The molecule has 0 aliphatic carbocycles. The number of hydrogen-bond donors (Lipinski definition) is 2. The van der Waals surface area contributed by atoms with Gasteiger partial charge in [-0.15, -0.1) is 0 Å². The second-order valence-electron chi connectivity index (χ2n) is 4.63. The van der Waals surface area contributed by atoms with Gasteiger partial charge in [0.2, 0.25) is 5.91 Å². The van der Waals surface area contributed by atoms with Crippen molar-refractivity contribution in [3.63, 3.8) is 0 Å². The maximum absolute atomic E-state index is 11.7. The monoisotopic (exact) mass is 244 g/mol. The molecule has 0 heterocycles. The van der Waals surface area contributed by atoms with Crippen LogP contribution in [-0.4, -0.2) is 32.2 Å². The van der Waals surface area contributed by atoms with Crippen molar-refractivity contribution in [3.05, 3.63) is 0 Å². The molecule has 0 spiro atoms. The molecular formula is C13H28N2O2. The van der Waals surface area contributed by atoms with Crippen molar-refractivity contribution in [1.82, 2.24) is 5.32 Å². The summed E-state index contributed by atoms with van der Waals surface area (Å²) in [6.07, 6.45) is 3.44. The second-order valence-corrected chi connectivity index (χ2v) is 4.63. The third-order valence-corrected chi connectivity index (χ3v) is 3.92. The van der Waals surface area contributed by atoms with Gasteiger partial charge in [0.1, 0.15) is 0 Å². The van der Waals surface area contributed by atoms with Crippen molar-refractivity contribution in [2.75, 3.05) is 20.2 Å². The molecule has 1 atom stereocenters. The van der Waals surface area contributed by atoms with E-state index in [2.05, 4.69) is 26.1 Å².